The Bertz CT molecular complexity index is 1350. The van der Waals surface area contributed by atoms with Gasteiger partial charge in [-0.3, -0.25) is 9.59 Å². The number of Topliss-reactive ketones (excluding diaryl/α,β-unsaturated/α-hetero) is 1. The van der Waals surface area contributed by atoms with Gasteiger partial charge in [-0.25, -0.2) is 4.39 Å². The Morgan fingerprint density at radius 3 is 2.00 bits per heavy atom. The van der Waals surface area contributed by atoms with E-state index in [1.807, 2.05) is 30.3 Å². The molecule has 1 unspecified atom stereocenters. The van der Waals surface area contributed by atoms with Crippen LogP contribution in [-0.2, 0) is 12.6 Å². The molecule has 0 aromatic heterocycles. The van der Waals surface area contributed by atoms with E-state index in [1.54, 1.807) is 24.3 Å². The molecule has 0 bridgehead atoms. The molecule has 0 aliphatic carbocycles. The predicted octanol–water partition coefficient (Wildman–Crippen LogP) is 6.74. The summed E-state index contributed by atoms with van der Waals surface area (Å²) in [4.78, 5) is 26.6. The van der Waals surface area contributed by atoms with Crippen molar-refractivity contribution in [1.29, 1.82) is 0 Å². The zero-order valence-electron chi connectivity index (χ0n) is 18.9. The lowest BCUT2D eigenvalue weighted by Gasteiger charge is -2.20. The van der Waals surface area contributed by atoms with E-state index < -0.39 is 35.3 Å². The van der Waals surface area contributed by atoms with E-state index in [9.17, 15) is 27.2 Å². The lowest BCUT2D eigenvalue weighted by atomic mass is 9.95. The molecule has 0 aliphatic rings. The summed E-state index contributed by atoms with van der Waals surface area (Å²) in [6.45, 7) is 0. The second-order valence-electron chi connectivity index (χ2n) is 8.21. The standard InChI is InChI=1S/C29H21F4NO2/c30-23-16-12-21(13-17-23)27(35)26(18-19-10-14-22(15-11-19)29(31,32)33)34-28(36)25-9-5-4-8-24(25)20-6-2-1-3-7-20/h1-17,26H,18H2,(H,34,36). The molecule has 0 saturated heterocycles. The Morgan fingerprint density at radius 1 is 0.750 bits per heavy atom. The minimum absolute atomic E-state index is 0.0480. The molecule has 4 rings (SSSR count). The molecule has 0 saturated carbocycles. The quantitative estimate of drug-likeness (QED) is 0.230. The number of hydrogen-bond acceptors (Lipinski definition) is 2. The zero-order chi connectivity index (χ0) is 25.7. The summed E-state index contributed by atoms with van der Waals surface area (Å²) in [7, 11) is 0. The number of hydrogen-bond donors (Lipinski definition) is 1. The third-order valence-corrected chi connectivity index (χ3v) is 5.73. The van der Waals surface area contributed by atoms with Gasteiger partial charge >= 0.3 is 6.18 Å². The molecule has 1 N–H and O–H groups in total. The van der Waals surface area contributed by atoms with E-state index in [0.29, 0.717) is 16.7 Å². The fourth-order valence-electron chi connectivity index (χ4n) is 3.88. The molecule has 0 radical (unpaired) electrons. The molecule has 4 aromatic rings. The second kappa shape index (κ2) is 10.6. The normalized spacial score (nSPS) is 12.1. The van der Waals surface area contributed by atoms with Crippen LogP contribution in [0.5, 0.6) is 0 Å². The monoisotopic (exact) mass is 491 g/mol. The first-order valence-corrected chi connectivity index (χ1v) is 11.1. The van der Waals surface area contributed by atoms with Crippen molar-refractivity contribution in [1.82, 2.24) is 5.32 Å². The number of halogens is 4. The highest BCUT2D eigenvalue weighted by Crippen LogP contribution is 2.29. The van der Waals surface area contributed by atoms with Gasteiger partial charge in [0.2, 0.25) is 0 Å². The van der Waals surface area contributed by atoms with Gasteiger partial charge in [-0.05, 0) is 59.2 Å². The number of amides is 1. The first-order valence-electron chi connectivity index (χ1n) is 11.1. The van der Waals surface area contributed by atoms with Crippen LogP contribution in [0.3, 0.4) is 0 Å². The maximum Gasteiger partial charge on any atom is 0.416 e. The summed E-state index contributed by atoms with van der Waals surface area (Å²) in [5.74, 6) is -1.52. The van der Waals surface area contributed by atoms with Gasteiger partial charge in [0.1, 0.15) is 5.82 Å². The SMILES string of the molecule is O=C(NC(Cc1ccc(C(F)(F)F)cc1)C(=O)c1ccc(F)cc1)c1ccccc1-c1ccccc1. The van der Waals surface area contributed by atoms with Gasteiger partial charge in [0.25, 0.3) is 5.91 Å². The van der Waals surface area contributed by atoms with Gasteiger partial charge < -0.3 is 5.32 Å². The number of benzene rings is 4. The Hall–Kier alpha value is -4.26. The highest BCUT2D eigenvalue weighted by Gasteiger charge is 2.30. The van der Waals surface area contributed by atoms with Crippen LogP contribution in [0.15, 0.2) is 103 Å². The van der Waals surface area contributed by atoms with Crippen molar-refractivity contribution in [3.05, 3.63) is 131 Å². The average molecular weight is 491 g/mol. The molecule has 1 atom stereocenters. The molecule has 0 fully saturated rings. The van der Waals surface area contributed by atoms with E-state index in [1.165, 1.54) is 24.3 Å². The van der Waals surface area contributed by atoms with Crippen molar-refractivity contribution >= 4 is 11.7 Å². The van der Waals surface area contributed by atoms with Gasteiger partial charge in [-0.15, -0.1) is 0 Å². The van der Waals surface area contributed by atoms with Crippen molar-refractivity contribution in [2.45, 2.75) is 18.6 Å². The molecular formula is C29H21F4NO2. The van der Waals surface area contributed by atoms with Gasteiger partial charge in [0.15, 0.2) is 5.78 Å². The smallest absolute Gasteiger partial charge is 0.341 e. The van der Waals surface area contributed by atoms with Crippen LogP contribution < -0.4 is 5.32 Å². The summed E-state index contributed by atoms with van der Waals surface area (Å²) < 4.78 is 52.3. The van der Waals surface area contributed by atoms with Crippen LogP contribution in [0.1, 0.15) is 31.8 Å². The number of carbonyl (C=O) groups excluding carboxylic acids is 2. The van der Waals surface area contributed by atoms with Crippen LogP contribution >= 0.6 is 0 Å². The highest BCUT2D eigenvalue weighted by molar-refractivity contribution is 6.06. The third kappa shape index (κ3) is 5.86. The summed E-state index contributed by atoms with van der Waals surface area (Å²) in [5.41, 5.74) is 1.61. The second-order valence-corrected chi connectivity index (χ2v) is 8.21. The average Bonchev–Trinajstić information content (AvgIpc) is 2.88. The van der Waals surface area contributed by atoms with E-state index in [4.69, 9.17) is 0 Å². The van der Waals surface area contributed by atoms with Crippen LogP contribution in [0.4, 0.5) is 17.6 Å². The van der Waals surface area contributed by atoms with E-state index in [0.717, 1.165) is 29.8 Å². The minimum atomic E-state index is -4.49. The van der Waals surface area contributed by atoms with Crippen LogP contribution in [0.2, 0.25) is 0 Å². The van der Waals surface area contributed by atoms with E-state index >= 15 is 0 Å². The molecule has 36 heavy (non-hydrogen) atoms. The van der Waals surface area contributed by atoms with Gasteiger partial charge in [0.05, 0.1) is 11.6 Å². The van der Waals surface area contributed by atoms with Crippen molar-refractivity contribution in [2.24, 2.45) is 0 Å². The number of rotatable bonds is 7. The van der Waals surface area contributed by atoms with Crippen molar-refractivity contribution < 1.29 is 27.2 Å². The number of ketones is 1. The molecule has 0 aliphatic heterocycles. The lowest BCUT2D eigenvalue weighted by molar-refractivity contribution is -0.137. The Morgan fingerprint density at radius 2 is 1.36 bits per heavy atom. The maximum absolute atomic E-state index is 13.4. The van der Waals surface area contributed by atoms with Crippen LogP contribution in [0, 0.1) is 5.82 Å². The topological polar surface area (TPSA) is 46.2 Å². The molecular weight excluding hydrogens is 470 g/mol. The molecule has 1 amide bonds. The highest BCUT2D eigenvalue weighted by atomic mass is 19.4. The first-order chi connectivity index (χ1) is 17.2. The minimum Gasteiger partial charge on any atom is -0.341 e. The summed E-state index contributed by atoms with van der Waals surface area (Å²) >= 11 is 0. The molecule has 4 aromatic carbocycles. The summed E-state index contributed by atoms with van der Waals surface area (Å²) in [6.07, 6.45) is -4.54. The van der Waals surface area contributed by atoms with E-state index in [2.05, 4.69) is 5.32 Å². The Balaban J connectivity index is 1.65. The zero-order valence-corrected chi connectivity index (χ0v) is 18.9. The Kier molecular flexibility index (Phi) is 7.29. The van der Waals surface area contributed by atoms with Crippen molar-refractivity contribution in [2.75, 3.05) is 0 Å². The number of nitrogens with one attached hydrogen (secondary N) is 1. The fraction of sp³-hybridized carbons (Fsp3) is 0.103. The molecule has 0 heterocycles. The van der Waals surface area contributed by atoms with Crippen LogP contribution in [-0.4, -0.2) is 17.7 Å². The van der Waals surface area contributed by atoms with Gasteiger partial charge in [0, 0.05) is 17.5 Å². The lowest BCUT2D eigenvalue weighted by Crippen LogP contribution is -2.42. The predicted molar refractivity (Wildman–Crippen MR) is 129 cm³/mol. The van der Waals surface area contributed by atoms with Gasteiger partial charge in [-0.2, -0.15) is 13.2 Å². The molecule has 182 valence electrons. The molecule has 0 spiro atoms. The fourth-order valence-corrected chi connectivity index (χ4v) is 3.88. The van der Waals surface area contributed by atoms with Crippen LogP contribution in [0.25, 0.3) is 11.1 Å². The largest absolute Gasteiger partial charge is 0.416 e. The summed E-state index contributed by atoms with van der Waals surface area (Å²) in [6, 6.07) is 24.4. The number of alkyl halides is 3. The van der Waals surface area contributed by atoms with E-state index in [-0.39, 0.29) is 12.0 Å². The Labute approximate surface area is 205 Å². The van der Waals surface area contributed by atoms with Crippen molar-refractivity contribution in [3.63, 3.8) is 0 Å². The maximum atomic E-state index is 13.4. The molecule has 7 heteroatoms. The third-order valence-electron chi connectivity index (χ3n) is 5.73. The number of carbonyl (C=O) groups is 2. The van der Waals surface area contributed by atoms with Gasteiger partial charge in [-0.1, -0.05) is 60.7 Å². The summed E-state index contributed by atoms with van der Waals surface area (Å²) in [5, 5.41) is 2.75. The van der Waals surface area contributed by atoms with Crippen molar-refractivity contribution in [3.8, 4) is 11.1 Å². The first kappa shape index (κ1) is 24.9. The molecule has 3 nitrogen and oxygen atoms in total.